The number of carbonyl (C=O) groups excluding carboxylic acids is 1. The van der Waals surface area contributed by atoms with Crippen LogP contribution in [0.2, 0.25) is 0 Å². The first-order chi connectivity index (χ1) is 11.0. The molecular weight excluding hydrogens is 303 g/mol. The number of nitrogens with one attached hydrogen (secondary N) is 1. The van der Waals surface area contributed by atoms with E-state index >= 15 is 0 Å². The summed E-state index contributed by atoms with van der Waals surface area (Å²) in [5.74, 6) is 0.178. The van der Waals surface area contributed by atoms with Crippen molar-refractivity contribution >= 4 is 30.0 Å². The monoisotopic (exact) mass is 314 g/mol. The van der Waals surface area contributed by atoms with Crippen LogP contribution < -0.4 is 15.5 Å². The minimum absolute atomic E-state index is 0.0923. The van der Waals surface area contributed by atoms with Crippen LogP contribution in [0.1, 0.15) is 5.56 Å². The van der Waals surface area contributed by atoms with Gasteiger partial charge in [0, 0.05) is 17.8 Å². The molecular formula is C14H11BN2O6. The van der Waals surface area contributed by atoms with Crippen LogP contribution in [-0.2, 0) is 11.3 Å². The molecule has 0 spiro atoms. The van der Waals surface area contributed by atoms with Crippen molar-refractivity contribution in [1.82, 2.24) is 0 Å². The van der Waals surface area contributed by atoms with E-state index in [9.17, 15) is 19.9 Å². The fraction of sp³-hybridized carbons (Fsp3) is 0.0714. The van der Waals surface area contributed by atoms with Crippen LogP contribution in [0.4, 0.5) is 16.2 Å². The van der Waals surface area contributed by atoms with Gasteiger partial charge in [0.25, 0.3) is 5.69 Å². The van der Waals surface area contributed by atoms with E-state index < -0.39 is 18.1 Å². The molecule has 0 unspecified atom stereocenters. The maximum absolute atomic E-state index is 11.8. The average Bonchev–Trinajstić information content (AvgIpc) is 2.89. The van der Waals surface area contributed by atoms with Crippen molar-refractivity contribution in [3.63, 3.8) is 0 Å². The van der Waals surface area contributed by atoms with Crippen LogP contribution >= 0.6 is 0 Å². The van der Waals surface area contributed by atoms with E-state index in [1.165, 1.54) is 24.3 Å². The molecule has 1 aliphatic rings. The van der Waals surface area contributed by atoms with Gasteiger partial charge in [-0.15, -0.1) is 0 Å². The minimum atomic E-state index is -1.00. The summed E-state index contributed by atoms with van der Waals surface area (Å²) >= 11 is 0. The number of hydrogen-bond donors (Lipinski definition) is 2. The zero-order chi connectivity index (χ0) is 16.4. The molecule has 0 atom stereocenters. The zero-order valence-electron chi connectivity index (χ0n) is 11.8. The summed E-state index contributed by atoms with van der Waals surface area (Å²) in [6.07, 6.45) is -0.743. The molecule has 0 aliphatic carbocycles. The van der Waals surface area contributed by atoms with E-state index in [0.29, 0.717) is 17.8 Å². The van der Waals surface area contributed by atoms with Crippen molar-refractivity contribution < 1.29 is 24.1 Å². The molecule has 8 nitrogen and oxygen atoms in total. The predicted molar refractivity (Wildman–Crippen MR) is 81.6 cm³/mol. The van der Waals surface area contributed by atoms with E-state index in [4.69, 9.17) is 9.39 Å². The summed E-state index contributed by atoms with van der Waals surface area (Å²) in [5.41, 5.74) is 1.80. The lowest BCUT2D eigenvalue weighted by Gasteiger charge is -2.08. The molecule has 2 aromatic rings. The Kier molecular flexibility index (Phi) is 3.96. The van der Waals surface area contributed by atoms with Crippen molar-refractivity contribution in [2.24, 2.45) is 0 Å². The van der Waals surface area contributed by atoms with Crippen LogP contribution in [0.15, 0.2) is 42.5 Å². The molecule has 0 aromatic heterocycles. The van der Waals surface area contributed by atoms with Gasteiger partial charge in [-0.2, -0.15) is 0 Å². The average molecular weight is 314 g/mol. The number of nitrogens with zero attached hydrogens (tertiary/aromatic N) is 1. The molecule has 9 heteroatoms. The standard InChI is InChI=1S/C14H11BN2O6/c18-14(23-12-5-3-11(4-6-12)17(20)21)16-10-2-1-9-8-22-15(19)13(9)7-10/h1-7,19H,8H2,(H,16,18). The van der Waals surface area contributed by atoms with Gasteiger partial charge in [0.1, 0.15) is 5.75 Å². The van der Waals surface area contributed by atoms with E-state index in [1.54, 1.807) is 18.2 Å². The van der Waals surface area contributed by atoms with Crippen LogP contribution in [0.3, 0.4) is 0 Å². The Labute approximate surface area is 130 Å². The Morgan fingerprint density at radius 1 is 1.30 bits per heavy atom. The van der Waals surface area contributed by atoms with E-state index in [1.807, 2.05) is 0 Å². The maximum Gasteiger partial charge on any atom is 0.491 e. The Bertz CT molecular complexity index is 764. The number of nitro groups is 1. The highest BCUT2D eigenvalue weighted by atomic mass is 16.6. The summed E-state index contributed by atoms with van der Waals surface area (Å²) in [7, 11) is -1.00. The molecule has 0 saturated carbocycles. The summed E-state index contributed by atoms with van der Waals surface area (Å²) in [5, 5.41) is 22.7. The van der Waals surface area contributed by atoms with Gasteiger partial charge in [-0.3, -0.25) is 15.4 Å². The minimum Gasteiger partial charge on any atom is -0.423 e. The first-order valence-electron chi connectivity index (χ1n) is 6.69. The number of non-ortho nitro benzene ring substituents is 1. The second-order valence-corrected chi connectivity index (χ2v) is 4.84. The van der Waals surface area contributed by atoms with Crippen molar-refractivity contribution in [3.8, 4) is 5.75 Å². The second kappa shape index (κ2) is 6.07. The molecule has 1 aliphatic heterocycles. The van der Waals surface area contributed by atoms with Gasteiger partial charge in [-0.05, 0) is 35.3 Å². The molecule has 0 fully saturated rings. The van der Waals surface area contributed by atoms with Crippen LogP contribution in [0.5, 0.6) is 5.75 Å². The number of hydrogen-bond acceptors (Lipinski definition) is 6. The summed E-state index contributed by atoms with van der Waals surface area (Å²) in [6, 6.07) is 10.2. The molecule has 2 aromatic carbocycles. The van der Waals surface area contributed by atoms with Crippen LogP contribution in [-0.4, -0.2) is 23.2 Å². The van der Waals surface area contributed by atoms with Crippen LogP contribution in [0, 0.1) is 10.1 Å². The fourth-order valence-electron chi connectivity index (χ4n) is 2.18. The van der Waals surface area contributed by atoms with Gasteiger partial charge in [0.05, 0.1) is 11.5 Å². The fourth-order valence-corrected chi connectivity index (χ4v) is 2.18. The highest BCUT2D eigenvalue weighted by Crippen LogP contribution is 2.19. The number of fused-ring (bicyclic) bond motifs is 1. The Morgan fingerprint density at radius 3 is 2.74 bits per heavy atom. The van der Waals surface area contributed by atoms with Crippen molar-refractivity contribution in [3.05, 3.63) is 58.1 Å². The van der Waals surface area contributed by atoms with Crippen molar-refractivity contribution in [2.75, 3.05) is 5.32 Å². The number of amides is 1. The number of carbonyl (C=O) groups is 1. The third-order valence-corrected chi connectivity index (χ3v) is 3.31. The van der Waals surface area contributed by atoms with Gasteiger partial charge >= 0.3 is 13.2 Å². The predicted octanol–water partition coefficient (Wildman–Crippen LogP) is 1.42. The van der Waals surface area contributed by atoms with Gasteiger partial charge in [-0.1, -0.05) is 6.07 Å². The Balaban J connectivity index is 1.65. The number of anilines is 1. The van der Waals surface area contributed by atoms with Gasteiger partial charge in [0.15, 0.2) is 0 Å². The number of rotatable bonds is 3. The largest absolute Gasteiger partial charge is 0.491 e. The summed E-state index contributed by atoms with van der Waals surface area (Å²) < 4.78 is 10.1. The Hall–Kier alpha value is -2.91. The normalized spacial score (nSPS) is 12.7. The highest BCUT2D eigenvalue weighted by molar-refractivity contribution is 6.61. The maximum atomic E-state index is 11.8. The lowest BCUT2D eigenvalue weighted by atomic mass is 9.79. The van der Waals surface area contributed by atoms with E-state index in [0.717, 1.165) is 5.56 Å². The molecule has 0 radical (unpaired) electrons. The molecule has 3 rings (SSSR count). The van der Waals surface area contributed by atoms with Gasteiger partial charge in [-0.25, -0.2) is 4.79 Å². The van der Waals surface area contributed by atoms with Gasteiger partial charge in [0.2, 0.25) is 0 Å². The quantitative estimate of drug-likeness (QED) is 0.503. The van der Waals surface area contributed by atoms with Gasteiger partial charge < -0.3 is 14.4 Å². The zero-order valence-corrected chi connectivity index (χ0v) is 11.8. The number of ether oxygens (including phenoxy) is 1. The summed E-state index contributed by atoms with van der Waals surface area (Å²) in [4.78, 5) is 21.8. The number of nitro benzene ring substituents is 1. The van der Waals surface area contributed by atoms with Crippen molar-refractivity contribution in [1.29, 1.82) is 0 Å². The second-order valence-electron chi connectivity index (χ2n) is 4.84. The lowest BCUT2D eigenvalue weighted by molar-refractivity contribution is -0.384. The molecule has 1 amide bonds. The van der Waals surface area contributed by atoms with Crippen LogP contribution in [0.25, 0.3) is 0 Å². The summed E-state index contributed by atoms with van der Waals surface area (Å²) in [6.45, 7) is 0.323. The SMILES string of the molecule is O=C(Nc1ccc2c(c1)B(O)OC2)Oc1ccc([N+](=O)[O-])cc1. The molecule has 0 saturated heterocycles. The smallest absolute Gasteiger partial charge is 0.423 e. The first-order valence-corrected chi connectivity index (χ1v) is 6.69. The molecule has 23 heavy (non-hydrogen) atoms. The third-order valence-electron chi connectivity index (χ3n) is 3.31. The molecule has 0 bridgehead atoms. The van der Waals surface area contributed by atoms with Crippen molar-refractivity contribution in [2.45, 2.75) is 6.61 Å². The third kappa shape index (κ3) is 3.30. The molecule has 116 valence electrons. The highest BCUT2D eigenvalue weighted by Gasteiger charge is 2.27. The number of benzene rings is 2. The van der Waals surface area contributed by atoms with E-state index in [2.05, 4.69) is 5.32 Å². The molecule has 2 N–H and O–H groups in total. The Morgan fingerprint density at radius 2 is 2.04 bits per heavy atom. The first kappa shape index (κ1) is 15.0. The van der Waals surface area contributed by atoms with E-state index in [-0.39, 0.29) is 11.4 Å². The molecule has 1 heterocycles. The lowest BCUT2D eigenvalue weighted by Crippen LogP contribution is -2.28. The topological polar surface area (TPSA) is 111 Å².